The summed E-state index contributed by atoms with van der Waals surface area (Å²) < 4.78 is 6.24. The van der Waals surface area contributed by atoms with Crippen molar-refractivity contribution in [2.45, 2.75) is 32.3 Å². The first-order chi connectivity index (χ1) is 9.99. The van der Waals surface area contributed by atoms with Crippen LogP contribution in [-0.2, 0) is 4.79 Å². The lowest BCUT2D eigenvalue weighted by Crippen LogP contribution is -2.43. The molecule has 2 rings (SSSR count). The van der Waals surface area contributed by atoms with Gasteiger partial charge in [0.05, 0.1) is 0 Å². The summed E-state index contributed by atoms with van der Waals surface area (Å²) in [5.74, 6) is -0.957. The molecule has 1 aliphatic heterocycles. The van der Waals surface area contributed by atoms with Crippen LogP contribution in [0.2, 0.25) is 0 Å². The number of hydrogen-bond acceptors (Lipinski definition) is 3. The summed E-state index contributed by atoms with van der Waals surface area (Å²) in [6.07, 6.45) is 2.48. The number of nitrogens with zero attached hydrogens (tertiary/aromatic N) is 1. The monoisotopic (exact) mass is 355 g/mol. The van der Waals surface area contributed by atoms with Gasteiger partial charge in [0.2, 0.25) is 0 Å². The van der Waals surface area contributed by atoms with Crippen LogP contribution >= 0.6 is 15.9 Å². The molecule has 1 unspecified atom stereocenters. The van der Waals surface area contributed by atoms with Crippen molar-refractivity contribution < 1.29 is 19.4 Å². The zero-order valence-electron chi connectivity index (χ0n) is 11.8. The maximum atomic E-state index is 12.3. The first-order valence-corrected chi connectivity index (χ1v) is 7.76. The number of amides is 1. The van der Waals surface area contributed by atoms with Gasteiger partial charge in [0.15, 0.2) is 6.10 Å². The second-order valence-corrected chi connectivity index (χ2v) is 6.01. The lowest BCUT2D eigenvalue weighted by atomic mass is 10.1. The van der Waals surface area contributed by atoms with E-state index in [9.17, 15) is 14.7 Å². The number of carboxylic acids is 1. The molecule has 1 aliphatic rings. The number of halogens is 1. The molecule has 5 nitrogen and oxygen atoms in total. The average molecular weight is 356 g/mol. The highest BCUT2D eigenvalue weighted by Crippen LogP contribution is 2.25. The van der Waals surface area contributed by atoms with Gasteiger partial charge in [-0.3, -0.25) is 4.79 Å². The van der Waals surface area contributed by atoms with E-state index in [4.69, 9.17) is 4.74 Å². The van der Waals surface area contributed by atoms with E-state index in [1.165, 1.54) is 6.07 Å². The van der Waals surface area contributed by atoms with Crippen LogP contribution in [0.4, 0.5) is 0 Å². The Morgan fingerprint density at radius 2 is 1.95 bits per heavy atom. The van der Waals surface area contributed by atoms with Crippen LogP contribution in [0.3, 0.4) is 0 Å². The van der Waals surface area contributed by atoms with Crippen molar-refractivity contribution in [3.8, 4) is 5.75 Å². The van der Waals surface area contributed by atoms with Crippen molar-refractivity contribution in [3.05, 3.63) is 28.2 Å². The second-order valence-electron chi connectivity index (χ2n) is 5.09. The molecule has 1 N–H and O–H groups in total. The zero-order valence-corrected chi connectivity index (χ0v) is 13.4. The molecule has 1 aromatic carbocycles. The Bertz CT molecular complexity index is 540. The number of carbonyl (C=O) groups is 2. The quantitative estimate of drug-likeness (QED) is 0.901. The Morgan fingerprint density at radius 1 is 1.29 bits per heavy atom. The number of aromatic carboxylic acids is 1. The number of carboxylic acid groups (broad SMARTS) is 1. The molecule has 114 valence electrons. The molecule has 0 saturated carbocycles. The molecule has 0 bridgehead atoms. The van der Waals surface area contributed by atoms with Crippen LogP contribution in [-0.4, -0.2) is 41.1 Å². The standard InChI is InChI=1S/C15H18BrNO4/c1-10(14(18)17-7-3-2-4-8-17)21-13-6-5-11(16)9-12(13)15(19)20/h5-6,9-10H,2-4,7-8H2,1H3,(H,19,20). The first-order valence-electron chi connectivity index (χ1n) is 6.97. The summed E-state index contributed by atoms with van der Waals surface area (Å²) in [6.45, 7) is 3.15. The minimum absolute atomic E-state index is 0.0441. The molecule has 1 aromatic rings. The number of piperidine rings is 1. The Morgan fingerprint density at radius 3 is 2.57 bits per heavy atom. The van der Waals surface area contributed by atoms with Crippen molar-refractivity contribution in [1.82, 2.24) is 4.90 Å². The van der Waals surface area contributed by atoms with E-state index in [-0.39, 0.29) is 17.2 Å². The van der Waals surface area contributed by atoms with Crippen LogP contribution in [0, 0.1) is 0 Å². The average Bonchev–Trinajstić information content (AvgIpc) is 2.49. The van der Waals surface area contributed by atoms with Gasteiger partial charge in [-0.2, -0.15) is 0 Å². The van der Waals surface area contributed by atoms with Gasteiger partial charge >= 0.3 is 5.97 Å². The molecule has 0 radical (unpaired) electrons. The van der Waals surface area contributed by atoms with E-state index in [2.05, 4.69) is 15.9 Å². The largest absolute Gasteiger partial charge is 0.480 e. The number of hydrogen-bond donors (Lipinski definition) is 1. The smallest absolute Gasteiger partial charge is 0.339 e. The van der Waals surface area contributed by atoms with E-state index < -0.39 is 12.1 Å². The van der Waals surface area contributed by atoms with E-state index in [0.717, 1.165) is 32.4 Å². The van der Waals surface area contributed by atoms with Gasteiger partial charge in [-0.15, -0.1) is 0 Å². The SMILES string of the molecule is CC(Oc1ccc(Br)cc1C(=O)O)C(=O)N1CCCCC1. The maximum Gasteiger partial charge on any atom is 0.339 e. The van der Waals surface area contributed by atoms with Crippen molar-refractivity contribution in [1.29, 1.82) is 0 Å². The summed E-state index contributed by atoms with van der Waals surface area (Å²) in [5, 5.41) is 9.19. The number of likely N-dealkylation sites (tertiary alicyclic amines) is 1. The van der Waals surface area contributed by atoms with E-state index in [1.54, 1.807) is 24.0 Å². The van der Waals surface area contributed by atoms with Gasteiger partial charge in [-0.05, 0) is 44.4 Å². The van der Waals surface area contributed by atoms with Crippen LogP contribution in [0.5, 0.6) is 5.75 Å². The van der Waals surface area contributed by atoms with Crippen LogP contribution < -0.4 is 4.74 Å². The summed E-state index contributed by atoms with van der Waals surface area (Å²) in [5.41, 5.74) is 0.0441. The topological polar surface area (TPSA) is 66.8 Å². The third-order valence-corrected chi connectivity index (χ3v) is 3.98. The lowest BCUT2D eigenvalue weighted by Gasteiger charge is -2.29. The predicted molar refractivity (Wildman–Crippen MR) is 81.6 cm³/mol. The molecule has 6 heteroatoms. The number of benzene rings is 1. The predicted octanol–water partition coefficient (Wildman–Crippen LogP) is 2.93. The molecule has 1 fully saturated rings. The highest BCUT2D eigenvalue weighted by atomic mass is 79.9. The Labute approximate surface area is 132 Å². The van der Waals surface area contributed by atoms with Gasteiger partial charge in [0.25, 0.3) is 5.91 Å². The molecule has 21 heavy (non-hydrogen) atoms. The molecular weight excluding hydrogens is 338 g/mol. The van der Waals surface area contributed by atoms with E-state index >= 15 is 0 Å². The molecule has 0 aromatic heterocycles. The van der Waals surface area contributed by atoms with Crippen molar-refractivity contribution in [2.75, 3.05) is 13.1 Å². The normalized spacial score (nSPS) is 16.4. The van der Waals surface area contributed by atoms with Crippen LogP contribution in [0.15, 0.2) is 22.7 Å². The van der Waals surface area contributed by atoms with E-state index in [1.807, 2.05) is 0 Å². The maximum absolute atomic E-state index is 12.3. The summed E-state index contributed by atoms with van der Waals surface area (Å²) in [4.78, 5) is 25.3. The van der Waals surface area contributed by atoms with Gasteiger partial charge in [-0.1, -0.05) is 15.9 Å². The molecule has 1 amide bonds. The highest BCUT2D eigenvalue weighted by Gasteiger charge is 2.25. The van der Waals surface area contributed by atoms with Gasteiger partial charge in [0.1, 0.15) is 11.3 Å². The third-order valence-electron chi connectivity index (χ3n) is 3.49. The van der Waals surface area contributed by atoms with Crippen molar-refractivity contribution in [3.63, 3.8) is 0 Å². The van der Waals surface area contributed by atoms with Crippen molar-refractivity contribution in [2.24, 2.45) is 0 Å². The molecule has 1 atom stereocenters. The summed E-state index contributed by atoms with van der Waals surface area (Å²) in [6, 6.07) is 4.73. The summed E-state index contributed by atoms with van der Waals surface area (Å²) >= 11 is 3.23. The third kappa shape index (κ3) is 3.97. The molecule has 0 spiro atoms. The fourth-order valence-corrected chi connectivity index (χ4v) is 2.75. The Hall–Kier alpha value is -1.56. The fourth-order valence-electron chi connectivity index (χ4n) is 2.38. The minimum atomic E-state index is -1.08. The number of carbonyl (C=O) groups excluding carboxylic acids is 1. The van der Waals surface area contributed by atoms with Gasteiger partial charge < -0.3 is 14.7 Å². The minimum Gasteiger partial charge on any atom is -0.480 e. The summed E-state index contributed by atoms with van der Waals surface area (Å²) in [7, 11) is 0. The molecular formula is C15H18BrNO4. The molecule has 0 aliphatic carbocycles. The lowest BCUT2D eigenvalue weighted by molar-refractivity contribution is -0.138. The Kier molecular flexibility index (Phi) is 5.22. The zero-order chi connectivity index (χ0) is 15.4. The fraction of sp³-hybridized carbons (Fsp3) is 0.467. The second kappa shape index (κ2) is 6.93. The van der Waals surface area contributed by atoms with Gasteiger partial charge in [-0.25, -0.2) is 4.79 Å². The first kappa shape index (κ1) is 15.8. The number of ether oxygens (including phenoxy) is 1. The van der Waals surface area contributed by atoms with Gasteiger partial charge in [0, 0.05) is 17.6 Å². The Balaban J connectivity index is 2.10. The van der Waals surface area contributed by atoms with Crippen molar-refractivity contribution >= 4 is 27.8 Å². The van der Waals surface area contributed by atoms with E-state index in [0.29, 0.717) is 4.47 Å². The molecule has 1 saturated heterocycles. The number of rotatable bonds is 4. The highest BCUT2D eigenvalue weighted by molar-refractivity contribution is 9.10. The molecule has 1 heterocycles. The van der Waals surface area contributed by atoms with Crippen LogP contribution in [0.1, 0.15) is 36.5 Å². The van der Waals surface area contributed by atoms with Crippen LogP contribution in [0.25, 0.3) is 0 Å².